The zero-order valence-corrected chi connectivity index (χ0v) is 12.8. The molecule has 0 unspecified atom stereocenters. The number of aryl methyl sites for hydroxylation is 2. The fourth-order valence-corrected chi connectivity index (χ4v) is 3.50. The Balaban J connectivity index is 2.16. The SMILES string of the molecule is CCc1cc2c(N)c(C(=O)c3ccccc3)sc2nc1C. The van der Waals surface area contributed by atoms with Gasteiger partial charge in [-0.1, -0.05) is 37.3 Å². The number of nitrogen functional groups attached to an aromatic ring is 1. The third-order valence-corrected chi connectivity index (χ3v) is 4.75. The Morgan fingerprint density at radius 1 is 1.29 bits per heavy atom. The second kappa shape index (κ2) is 5.30. The van der Waals surface area contributed by atoms with Crippen LogP contribution in [0.2, 0.25) is 0 Å². The van der Waals surface area contributed by atoms with E-state index >= 15 is 0 Å². The average molecular weight is 296 g/mol. The molecule has 4 heteroatoms. The highest BCUT2D eigenvalue weighted by molar-refractivity contribution is 7.21. The predicted molar refractivity (Wildman–Crippen MR) is 88.0 cm³/mol. The molecule has 0 aliphatic heterocycles. The van der Waals surface area contributed by atoms with Gasteiger partial charge in [-0.05, 0) is 25.0 Å². The summed E-state index contributed by atoms with van der Waals surface area (Å²) in [5.41, 5.74) is 9.58. The first kappa shape index (κ1) is 13.8. The van der Waals surface area contributed by atoms with Crippen LogP contribution in [0.5, 0.6) is 0 Å². The lowest BCUT2D eigenvalue weighted by Crippen LogP contribution is -2.01. The van der Waals surface area contributed by atoms with Crippen LogP contribution in [0.25, 0.3) is 10.2 Å². The standard InChI is InChI=1S/C17H16N2OS/c1-3-11-9-13-14(18)16(21-17(13)19-10(11)2)15(20)12-7-5-4-6-8-12/h4-9H,3,18H2,1-2H3. The first-order chi connectivity index (χ1) is 10.1. The van der Waals surface area contributed by atoms with Gasteiger partial charge >= 0.3 is 0 Å². The molecule has 21 heavy (non-hydrogen) atoms. The van der Waals surface area contributed by atoms with Crippen molar-refractivity contribution in [3.05, 3.63) is 58.1 Å². The lowest BCUT2D eigenvalue weighted by atomic mass is 10.1. The molecule has 0 aliphatic rings. The number of thiophene rings is 1. The van der Waals surface area contributed by atoms with E-state index in [-0.39, 0.29) is 5.78 Å². The van der Waals surface area contributed by atoms with Crippen LogP contribution < -0.4 is 5.73 Å². The summed E-state index contributed by atoms with van der Waals surface area (Å²) in [4.78, 5) is 18.6. The van der Waals surface area contributed by atoms with E-state index in [0.29, 0.717) is 16.1 Å². The van der Waals surface area contributed by atoms with Crippen molar-refractivity contribution in [1.82, 2.24) is 4.98 Å². The van der Waals surface area contributed by atoms with Crippen molar-refractivity contribution in [2.24, 2.45) is 0 Å². The van der Waals surface area contributed by atoms with Gasteiger partial charge in [-0.3, -0.25) is 4.79 Å². The number of benzene rings is 1. The summed E-state index contributed by atoms with van der Waals surface area (Å²) in [6, 6.07) is 11.3. The van der Waals surface area contributed by atoms with Crippen LogP contribution in [0.4, 0.5) is 5.69 Å². The van der Waals surface area contributed by atoms with Gasteiger partial charge in [0, 0.05) is 16.6 Å². The third-order valence-electron chi connectivity index (χ3n) is 3.64. The van der Waals surface area contributed by atoms with Crippen LogP contribution in [0.15, 0.2) is 36.4 Å². The molecule has 2 aromatic heterocycles. The highest BCUT2D eigenvalue weighted by Gasteiger charge is 2.19. The maximum atomic E-state index is 12.6. The van der Waals surface area contributed by atoms with E-state index in [2.05, 4.69) is 18.0 Å². The molecule has 0 aliphatic carbocycles. The molecular weight excluding hydrogens is 280 g/mol. The van der Waals surface area contributed by atoms with Crippen LogP contribution in [0.1, 0.15) is 33.4 Å². The van der Waals surface area contributed by atoms with Crippen molar-refractivity contribution in [3.63, 3.8) is 0 Å². The Morgan fingerprint density at radius 2 is 2.00 bits per heavy atom. The van der Waals surface area contributed by atoms with Crippen LogP contribution in [-0.2, 0) is 6.42 Å². The molecule has 2 N–H and O–H groups in total. The van der Waals surface area contributed by atoms with Crippen LogP contribution in [0.3, 0.4) is 0 Å². The number of carbonyl (C=O) groups is 1. The van der Waals surface area contributed by atoms with Gasteiger partial charge in [-0.2, -0.15) is 0 Å². The van der Waals surface area contributed by atoms with Gasteiger partial charge in [0.05, 0.1) is 5.69 Å². The highest BCUT2D eigenvalue weighted by Crippen LogP contribution is 2.35. The number of pyridine rings is 1. The van der Waals surface area contributed by atoms with Gasteiger partial charge in [0.25, 0.3) is 0 Å². The minimum Gasteiger partial charge on any atom is -0.397 e. The molecule has 0 radical (unpaired) electrons. The Kier molecular flexibility index (Phi) is 3.47. The molecule has 0 saturated heterocycles. The summed E-state index contributed by atoms with van der Waals surface area (Å²) in [6.07, 6.45) is 0.909. The van der Waals surface area contributed by atoms with E-state index < -0.39 is 0 Å². The number of rotatable bonds is 3. The molecule has 0 saturated carbocycles. The summed E-state index contributed by atoms with van der Waals surface area (Å²) < 4.78 is 0. The topological polar surface area (TPSA) is 56.0 Å². The number of hydrogen-bond acceptors (Lipinski definition) is 4. The maximum absolute atomic E-state index is 12.6. The number of fused-ring (bicyclic) bond motifs is 1. The Bertz CT molecular complexity index is 822. The van der Waals surface area contributed by atoms with Gasteiger partial charge in [-0.25, -0.2) is 4.98 Å². The van der Waals surface area contributed by atoms with Crippen molar-refractivity contribution < 1.29 is 4.79 Å². The molecule has 3 nitrogen and oxygen atoms in total. The van der Waals surface area contributed by atoms with Crippen molar-refractivity contribution in [3.8, 4) is 0 Å². The fourth-order valence-electron chi connectivity index (χ4n) is 2.42. The van der Waals surface area contributed by atoms with Gasteiger partial charge in [0.1, 0.15) is 9.71 Å². The quantitative estimate of drug-likeness (QED) is 0.744. The van der Waals surface area contributed by atoms with E-state index in [4.69, 9.17) is 5.73 Å². The molecule has 106 valence electrons. The first-order valence-electron chi connectivity index (χ1n) is 6.90. The minimum absolute atomic E-state index is 0.0354. The van der Waals surface area contributed by atoms with Crippen LogP contribution in [0, 0.1) is 6.92 Å². The Labute approximate surface area is 127 Å². The Hall–Kier alpha value is -2.20. The number of nitrogens with zero attached hydrogens (tertiary/aromatic N) is 1. The Morgan fingerprint density at radius 3 is 2.67 bits per heavy atom. The van der Waals surface area contributed by atoms with E-state index in [1.54, 1.807) is 0 Å². The highest BCUT2D eigenvalue weighted by atomic mass is 32.1. The molecule has 3 aromatic rings. The lowest BCUT2D eigenvalue weighted by Gasteiger charge is -2.02. The van der Waals surface area contributed by atoms with E-state index in [0.717, 1.165) is 22.3 Å². The lowest BCUT2D eigenvalue weighted by molar-refractivity contribution is 0.104. The second-order valence-electron chi connectivity index (χ2n) is 4.98. The number of hydrogen-bond donors (Lipinski definition) is 1. The number of carbonyl (C=O) groups excluding carboxylic acids is 1. The maximum Gasteiger partial charge on any atom is 0.205 e. The molecular formula is C17H16N2OS. The van der Waals surface area contributed by atoms with Crippen LogP contribution >= 0.6 is 11.3 Å². The summed E-state index contributed by atoms with van der Waals surface area (Å²) in [5.74, 6) is -0.0354. The van der Waals surface area contributed by atoms with Crippen molar-refractivity contribution in [1.29, 1.82) is 0 Å². The summed E-state index contributed by atoms with van der Waals surface area (Å²) >= 11 is 1.37. The average Bonchev–Trinajstić information content (AvgIpc) is 2.82. The van der Waals surface area contributed by atoms with Gasteiger partial charge in [0.2, 0.25) is 5.78 Å². The molecule has 0 fully saturated rings. The molecule has 0 atom stereocenters. The smallest absolute Gasteiger partial charge is 0.205 e. The number of nitrogens with two attached hydrogens (primary N) is 1. The zero-order valence-electron chi connectivity index (χ0n) is 12.0. The largest absolute Gasteiger partial charge is 0.397 e. The molecule has 1 aromatic carbocycles. The molecule has 0 spiro atoms. The number of ketones is 1. The minimum atomic E-state index is -0.0354. The first-order valence-corrected chi connectivity index (χ1v) is 7.71. The van der Waals surface area contributed by atoms with Crippen molar-refractivity contribution in [2.75, 3.05) is 5.73 Å². The van der Waals surface area contributed by atoms with Gasteiger partial charge < -0.3 is 5.73 Å². The predicted octanol–water partition coefficient (Wildman–Crippen LogP) is 3.98. The van der Waals surface area contributed by atoms with Crippen LogP contribution in [-0.4, -0.2) is 10.8 Å². The monoisotopic (exact) mass is 296 g/mol. The second-order valence-corrected chi connectivity index (χ2v) is 5.98. The summed E-state index contributed by atoms with van der Waals surface area (Å²) in [5, 5.41) is 0.890. The van der Waals surface area contributed by atoms with E-state index in [1.807, 2.05) is 37.3 Å². The van der Waals surface area contributed by atoms with E-state index in [9.17, 15) is 4.79 Å². The normalized spacial score (nSPS) is 11.0. The molecule has 2 heterocycles. The van der Waals surface area contributed by atoms with Crippen molar-refractivity contribution >= 4 is 33.0 Å². The van der Waals surface area contributed by atoms with E-state index in [1.165, 1.54) is 16.9 Å². The number of anilines is 1. The van der Waals surface area contributed by atoms with Gasteiger partial charge in [-0.15, -0.1) is 11.3 Å². The molecule has 0 amide bonds. The fraction of sp³-hybridized carbons (Fsp3) is 0.176. The van der Waals surface area contributed by atoms with Crippen molar-refractivity contribution in [2.45, 2.75) is 20.3 Å². The zero-order chi connectivity index (χ0) is 15.0. The molecule has 3 rings (SSSR count). The van der Waals surface area contributed by atoms with Gasteiger partial charge in [0.15, 0.2) is 0 Å². The number of aromatic nitrogens is 1. The summed E-state index contributed by atoms with van der Waals surface area (Å²) in [6.45, 7) is 4.08. The summed E-state index contributed by atoms with van der Waals surface area (Å²) in [7, 11) is 0. The molecule has 0 bridgehead atoms. The third kappa shape index (κ3) is 2.32.